The van der Waals surface area contributed by atoms with Gasteiger partial charge in [-0.3, -0.25) is 4.79 Å². The number of carbonyl (C=O) groups excluding carboxylic acids is 1. The van der Waals surface area contributed by atoms with E-state index < -0.39 is 0 Å². The average Bonchev–Trinajstić information content (AvgIpc) is 2.67. The molecule has 3 nitrogen and oxygen atoms in total. The van der Waals surface area contributed by atoms with Crippen molar-refractivity contribution in [3.05, 3.63) is 0 Å². The standard InChI is InChI=1S/C11H19NO2/c1-14-10(13)9-4-7-11(8-12-9)5-2-3-6-11/h9,12H,2-8H2,1H3. The van der Waals surface area contributed by atoms with Crippen molar-refractivity contribution in [2.75, 3.05) is 13.7 Å². The molecule has 1 heterocycles. The van der Waals surface area contributed by atoms with Gasteiger partial charge in [-0.15, -0.1) is 0 Å². The van der Waals surface area contributed by atoms with Crippen LogP contribution in [-0.2, 0) is 9.53 Å². The minimum atomic E-state index is -0.0992. The number of hydrogen-bond donors (Lipinski definition) is 1. The molecular weight excluding hydrogens is 178 g/mol. The van der Waals surface area contributed by atoms with Gasteiger partial charge in [-0.05, 0) is 31.1 Å². The van der Waals surface area contributed by atoms with E-state index in [2.05, 4.69) is 5.32 Å². The number of hydrogen-bond acceptors (Lipinski definition) is 3. The first kappa shape index (κ1) is 9.97. The Morgan fingerprint density at radius 3 is 2.57 bits per heavy atom. The highest BCUT2D eigenvalue weighted by molar-refractivity contribution is 5.75. The lowest BCUT2D eigenvalue weighted by atomic mass is 9.77. The first-order valence-corrected chi connectivity index (χ1v) is 5.57. The van der Waals surface area contributed by atoms with Crippen LogP contribution in [0.5, 0.6) is 0 Å². The van der Waals surface area contributed by atoms with Crippen molar-refractivity contribution < 1.29 is 9.53 Å². The van der Waals surface area contributed by atoms with E-state index in [1.165, 1.54) is 39.2 Å². The van der Waals surface area contributed by atoms with Gasteiger partial charge < -0.3 is 10.1 Å². The minimum Gasteiger partial charge on any atom is -0.468 e. The van der Waals surface area contributed by atoms with Gasteiger partial charge in [0.15, 0.2) is 0 Å². The number of carbonyl (C=O) groups is 1. The first-order chi connectivity index (χ1) is 6.76. The molecule has 2 aliphatic rings. The van der Waals surface area contributed by atoms with Gasteiger partial charge in [0.05, 0.1) is 7.11 Å². The molecule has 2 fully saturated rings. The van der Waals surface area contributed by atoms with Crippen molar-refractivity contribution in [2.45, 2.75) is 44.6 Å². The maximum atomic E-state index is 11.3. The van der Waals surface area contributed by atoms with E-state index in [1.54, 1.807) is 0 Å². The van der Waals surface area contributed by atoms with Gasteiger partial charge in [-0.25, -0.2) is 0 Å². The van der Waals surface area contributed by atoms with Gasteiger partial charge in [0, 0.05) is 6.54 Å². The van der Waals surface area contributed by atoms with Crippen molar-refractivity contribution in [3.8, 4) is 0 Å². The van der Waals surface area contributed by atoms with Gasteiger partial charge in [0.2, 0.25) is 0 Å². The minimum absolute atomic E-state index is 0.0498. The summed E-state index contributed by atoms with van der Waals surface area (Å²) in [5.41, 5.74) is 0.518. The number of ether oxygens (including phenoxy) is 1. The van der Waals surface area contributed by atoms with Crippen molar-refractivity contribution >= 4 is 5.97 Å². The second-order valence-electron chi connectivity index (χ2n) is 4.70. The van der Waals surface area contributed by atoms with Gasteiger partial charge in [0.25, 0.3) is 0 Å². The third-order valence-corrected chi connectivity index (χ3v) is 3.84. The van der Waals surface area contributed by atoms with Crippen LogP contribution in [-0.4, -0.2) is 25.7 Å². The SMILES string of the molecule is COC(=O)C1CCC2(CCCC2)CN1. The average molecular weight is 197 g/mol. The summed E-state index contributed by atoms with van der Waals surface area (Å²) in [4.78, 5) is 11.3. The molecule has 0 aromatic rings. The smallest absolute Gasteiger partial charge is 0.322 e. The Morgan fingerprint density at radius 2 is 2.07 bits per heavy atom. The van der Waals surface area contributed by atoms with Crippen LogP contribution in [0.4, 0.5) is 0 Å². The van der Waals surface area contributed by atoms with Gasteiger partial charge >= 0.3 is 5.97 Å². The molecule has 80 valence electrons. The van der Waals surface area contributed by atoms with Crippen molar-refractivity contribution in [2.24, 2.45) is 5.41 Å². The Balaban J connectivity index is 1.88. The molecule has 1 atom stereocenters. The molecule has 3 heteroatoms. The van der Waals surface area contributed by atoms with Gasteiger partial charge in [-0.1, -0.05) is 12.8 Å². The molecule has 0 aromatic carbocycles. The highest BCUT2D eigenvalue weighted by atomic mass is 16.5. The number of esters is 1. The Bertz CT molecular complexity index is 211. The fourth-order valence-electron chi connectivity index (χ4n) is 2.88. The number of rotatable bonds is 1. The van der Waals surface area contributed by atoms with Crippen LogP contribution in [0.2, 0.25) is 0 Å². The molecule has 0 amide bonds. The molecule has 1 aliphatic heterocycles. The normalized spacial score (nSPS) is 30.5. The molecule has 14 heavy (non-hydrogen) atoms. The van der Waals surface area contributed by atoms with Crippen LogP contribution >= 0.6 is 0 Å². The van der Waals surface area contributed by atoms with E-state index in [0.717, 1.165) is 13.0 Å². The zero-order chi connectivity index (χ0) is 10.0. The number of methoxy groups -OCH3 is 1. The fraction of sp³-hybridized carbons (Fsp3) is 0.909. The maximum Gasteiger partial charge on any atom is 0.322 e. The Hall–Kier alpha value is -0.570. The summed E-state index contributed by atoms with van der Waals surface area (Å²) < 4.78 is 4.74. The lowest BCUT2D eigenvalue weighted by molar-refractivity contribution is -0.144. The Labute approximate surface area is 85.2 Å². The highest BCUT2D eigenvalue weighted by Gasteiger charge is 2.39. The zero-order valence-corrected chi connectivity index (χ0v) is 8.84. The molecule has 2 rings (SSSR count). The Kier molecular flexibility index (Phi) is 2.77. The Morgan fingerprint density at radius 1 is 1.36 bits per heavy atom. The molecule has 1 saturated heterocycles. The van der Waals surface area contributed by atoms with E-state index in [-0.39, 0.29) is 12.0 Å². The quantitative estimate of drug-likeness (QED) is 0.647. The first-order valence-electron chi connectivity index (χ1n) is 5.57. The topological polar surface area (TPSA) is 38.3 Å². The predicted octanol–water partition coefficient (Wildman–Crippen LogP) is 1.47. The monoisotopic (exact) mass is 197 g/mol. The number of nitrogens with one attached hydrogen (secondary N) is 1. The summed E-state index contributed by atoms with van der Waals surface area (Å²) in [6.07, 6.45) is 7.56. The molecule has 1 aliphatic carbocycles. The van der Waals surface area contributed by atoms with Gasteiger partial charge in [0.1, 0.15) is 6.04 Å². The summed E-state index contributed by atoms with van der Waals surface area (Å²) in [6.45, 7) is 1.01. The molecule has 0 bridgehead atoms. The lowest BCUT2D eigenvalue weighted by Gasteiger charge is -2.37. The maximum absolute atomic E-state index is 11.3. The van der Waals surface area contributed by atoms with Crippen LogP contribution in [0.25, 0.3) is 0 Å². The number of piperidine rings is 1. The van der Waals surface area contributed by atoms with E-state index in [1.807, 2.05) is 0 Å². The van der Waals surface area contributed by atoms with Crippen LogP contribution < -0.4 is 5.32 Å². The highest BCUT2D eigenvalue weighted by Crippen LogP contribution is 2.43. The predicted molar refractivity (Wildman–Crippen MR) is 53.9 cm³/mol. The summed E-state index contributed by atoms with van der Waals surface area (Å²) in [5, 5.41) is 3.33. The van der Waals surface area contributed by atoms with Crippen molar-refractivity contribution in [1.82, 2.24) is 5.32 Å². The molecule has 1 unspecified atom stereocenters. The summed E-state index contributed by atoms with van der Waals surface area (Å²) in [6, 6.07) is -0.0498. The van der Waals surface area contributed by atoms with Crippen LogP contribution in [0.1, 0.15) is 38.5 Å². The molecule has 0 radical (unpaired) electrons. The van der Waals surface area contributed by atoms with Crippen LogP contribution in [0, 0.1) is 5.41 Å². The third-order valence-electron chi connectivity index (χ3n) is 3.84. The molecular formula is C11H19NO2. The van der Waals surface area contributed by atoms with Crippen molar-refractivity contribution in [3.63, 3.8) is 0 Å². The summed E-state index contributed by atoms with van der Waals surface area (Å²) >= 11 is 0. The van der Waals surface area contributed by atoms with E-state index >= 15 is 0 Å². The zero-order valence-electron chi connectivity index (χ0n) is 8.84. The second-order valence-corrected chi connectivity index (χ2v) is 4.70. The summed E-state index contributed by atoms with van der Waals surface area (Å²) in [5.74, 6) is -0.0992. The second kappa shape index (κ2) is 3.89. The van der Waals surface area contributed by atoms with Crippen molar-refractivity contribution in [1.29, 1.82) is 0 Å². The lowest BCUT2D eigenvalue weighted by Crippen LogP contribution is -2.48. The van der Waals surface area contributed by atoms with Crippen LogP contribution in [0.3, 0.4) is 0 Å². The third kappa shape index (κ3) is 1.78. The van der Waals surface area contributed by atoms with E-state index in [9.17, 15) is 4.79 Å². The molecule has 0 aromatic heterocycles. The van der Waals surface area contributed by atoms with E-state index in [0.29, 0.717) is 5.41 Å². The largest absolute Gasteiger partial charge is 0.468 e. The van der Waals surface area contributed by atoms with Crippen LogP contribution in [0.15, 0.2) is 0 Å². The molecule has 1 N–H and O–H groups in total. The summed E-state index contributed by atoms with van der Waals surface area (Å²) in [7, 11) is 1.46. The molecule has 1 spiro atoms. The fourth-order valence-corrected chi connectivity index (χ4v) is 2.88. The van der Waals surface area contributed by atoms with E-state index in [4.69, 9.17) is 4.74 Å². The molecule has 1 saturated carbocycles. The van der Waals surface area contributed by atoms with Gasteiger partial charge in [-0.2, -0.15) is 0 Å².